The number of nitrogens with one attached hydrogen (secondary N) is 1. The van der Waals surface area contributed by atoms with Crippen molar-refractivity contribution in [2.75, 3.05) is 29.9 Å². The zero-order chi connectivity index (χ0) is 17.9. The topological polar surface area (TPSA) is 92.0 Å². The first-order valence-electron chi connectivity index (χ1n) is 9.62. The molecule has 4 heterocycles. The average molecular weight is 357 g/mol. The summed E-state index contributed by atoms with van der Waals surface area (Å²) in [4.78, 5) is 15.7. The van der Waals surface area contributed by atoms with Gasteiger partial charge < -0.3 is 15.3 Å². The fourth-order valence-corrected chi connectivity index (χ4v) is 3.86. The fraction of sp³-hybridized carbons (Fsp3) is 0.667. The molecule has 2 aliphatic rings. The molecular weight excluding hydrogens is 330 g/mol. The third kappa shape index (κ3) is 3.65. The van der Waals surface area contributed by atoms with Gasteiger partial charge in [0, 0.05) is 44.6 Å². The molecule has 0 spiro atoms. The van der Waals surface area contributed by atoms with E-state index in [0.29, 0.717) is 12.0 Å². The maximum Gasteiger partial charge on any atom is 0.150 e. The summed E-state index contributed by atoms with van der Waals surface area (Å²) < 4.78 is 2.03. The van der Waals surface area contributed by atoms with E-state index in [1.54, 1.807) is 6.33 Å². The predicted molar refractivity (Wildman–Crippen MR) is 99.2 cm³/mol. The normalized spacial score (nSPS) is 22.9. The second-order valence-electron chi connectivity index (χ2n) is 7.26. The Bertz CT molecular complexity index is 747. The van der Waals surface area contributed by atoms with Crippen LogP contribution in [0.15, 0.2) is 12.4 Å². The van der Waals surface area contributed by atoms with Crippen molar-refractivity contribution >= 4 is 11.6 Å². The van der Waals surface area contributed by atoms with Gasteiger partial charge >= 0.3 is 0 Å². The lowest BCUT2D eigenvalue weighted by Crippen LogP contribution is -2.37. The van der Waals surface area contributed by atoms with Crippen LogP contribution < -0.4 is 10.2 Å². The molecule has 0 aliphatic carbocycles. The molecule has 2 unspecified atom stereocenters. The van der Waals surface area contributed by atoms with Crippen LogP contribution in [0.25, 0.3) is 0 Å². The van der Waals surface area contributed by atoms with Crippen molar-refractivity contribution in [3.8, 4) is 0 Å². The van der Waals surface area contributed by atoms with E-state index in [2.05, 4.69) is 37.2 Å². The van der Waals surface area contributed by atoms with Gasteiger partial charge in [-0.3, -0.25) is 0 Å². The number of aromatic nitrogens is 5. The molecule has 1 fully saturated rings. The number of piperidine rings is 1. The summed E-state index contributed by atoms with van der Waals surface area (Å²) in [5, 5.41) is 17.5. The van der Waals surface area contributed by atoms with Gasteiger partial charge in [-0.1, -0.05) is 6.92 Å². The number of nitrogens with zero attached hydrogens (tertiary/aromatic N) is 6. The van der Waals surface area contributed by atoms with E-state index >= 15 is 0 Å². The van der Waals surface area contributed by atoms with Gasteiger partial charge in [-0.05, 0) is 25.2 Å². The van der Waals surface area contributed by atoms with Crippen LogP contribution in [0, 0.1) is 5.92 Å². The zero-order valence-corrected chi connectivity index (χ0v) is 15.3. The first-order valence-corrected chi connectivity index (χ1v) is 9.62. The molecule has 2 aliphatic heterocycles. The average Bonchev–Trinajstić information content (AvgIpc) is 3.11. The smallest absolute Gasteiger partial charge is 0.150 e. The van der Waals surface area contributed by atoms with E-state index in [4.69, 9.17) is 0 Å². The minimum absolute atomic E-state index is 0.245. The van der Waals surface area contributed by atoms with Crippen LogP contribution in [0.5, 0.6) is 0 Å². The number of aliphatic hydroxyl groups excluding tert-OH is 1. The SMILES string of the molecule is CCc1nc2n(n1)CC(Nc1cc(N3CCCC(CO)C3)ncn1)CC2. The lowest BCUT2D eigenvalue weighted by molar-refractivity contribution is 0.208. The summed E-state index contributed by atoms with van der Waals surface area (Å²) in [6.45, 7) is 4.99. The summed E-state index contributed by atoms with van der Waals surface area (Å²) in [5.74, 6) is 4.14. The summed E-state index contributed by atoms with van der Waals surface area (Å²) in [6.07, 6.45) is 6.64. The van der Waals surface area contributed by atoms with Gasteiger partial charge in [-0.25, -0.2) is 19.6 Å². The largest absolute Gasteiger partial charge is 0.396 e. The third-order valence-electron chi connectivity index (χ3n) is 5.32. The van der Waals surface area contributed by atoms with Crippen molar-refractivity contribution < 1.29 is 5.11 Å². The van der Waals surface area contributed by atoms with Crippen LogP contribution in [0.1, 0.15) is 37.8 Å². The molecule has 26 heavy (non-hydrogen) atoms. The molecule has 8 nitrogen and oxygen atoms in total. The Hall–Kier alpha value is -2.22. The summed E-state index contributed by atoms with van der Waals surface area (Å²) in [7, 11) is 0. The van der Waals surface area contributed by atoms with Crippen molar-refractivity contribution in [1.29, 1.82) is 0 Å². The third-order valence-corrected chi connectivity index (χ3v) is 5.32. The molecule has 0 amide bonds. The van der Waals surface area contributed by atoms with Crippen molar-refractivity contribution in [2.45, 2.75) is 51.6 Å². The lowest BCUT2D eigenvalue weighted by atomic mass is 9.99. The predicted octanol–water partition coefficient (Wildman–Crippen LogP) is 1.27. The minimum atomic E-state index is 0.245. The van der Waals surface area contributed by atoms with E-state index in [1.807, 2.05) is 10.7 Å². The number of aryl methyl sites for hydroxylation is 2. The maximum atomic E-state index is 9.44. The van der Waals surface area contributed by atoms with Gasteiger partial charge in [0.2, 0.25) is 0 Å². The van der Waals surface area contributed by atoms with Crippen LogP contribution >= 0.6 is 0 Å². The van der Waals surface area contributed by atoms with Crippen LogP contribution in [-0.2, 0) is 19.4 Å². The lowest BCUT2D eigenvalue weighted by Gasteiger charge is -2.33. The van der Waals surface area contributed by atoms with Gasteiger partial charge in [-0.15, -0.1) is 0 Å². The molecule has 2 aromatic heterocycles. The highest BCUT2D eigenvalue weighted by atomic mass is 16.3. The van der Waals surface area contributed by atoms with E-state index < -0.39 is 0 Å². The van der Waals surface area contributed by atoms with Crippen molar-refractivity contribution in [3.63, 3.8) is 0 Å². The molecule has 4 rings (SSSR count). The van der Waals surface area contributed by atoms with Crippen molar-refractivity contribution in [2.24, 2.45) is 5.92 Å². The van der Waals surface area contributed by atoms with E-state index in [1.165, 1.54) is 0 Å². The highest BCUT2D eigenvalue weighted by Crippen LogP contribution is 2.23. The monoisotopic (exact) mass is 357 g/mol. The van der Waals surface area contributed by atoms with Gasteiger partial charge in [0.05, 0.1) is 6.54 Å². The Balaban J connectivity index is 1.42. The molecule has 2 aromatic rings. The fourth-order valence-electron chi connectivity index (χ4n) is 3.86. The second-order valence-corrected chi connectivity index (χ2v) is 7.26. The van der Waals surface area contributed by atoms with E-state index in [-0.39, 0.29) is 6.61 Å². The Morgan fingerprint density at radius 3 is 3.04 bits per heavy atom. The van der Waals surface area contributed by atoms with E-state index in [0.717, 1.165) is 75.0 Å². The number of hydrogen-bond acceptors (Lipinski definition) is 7. The molecular formula is C18H27N7O. The Morgan fingerprint density at radius 1 is 1.27 bits per heavy atom. The summed E-state index contributed by atoms with van der Waals surface area (Å²) in [6, 6.07) is 2.32. The highest BCUT2D eigenvalue weighted by Gasteiger charge is 2.23. The van der Waals surface area contributed by atoms with Crippen LogP contribution in [0.2, 0.25) is 0 Å². The number of hydrogen-bond donors (Lipinski definition) is 2. The first-order chi connectivity index (χ1) is 12.7. The Morgan fingerprint density at radius 2 is 2.19 bits per heavy atom. The van der Waals surface area contributed by atoms with Crippen LogP contribution in [-0.4, -0.2) is 55.6 Å². The second kappa shape index (κ2) is 7.57. The number of fused-ring (bicyclic) bond motifs is 1. The highest BCUT2D eigenvalue weighted by molar-refractivity contribution is 5.49. The van der Waals surface area contributed by atoms with Crippen molar-refractivity contribution in [3.05, 3.63) is 24.0 Å². The molecule has 0 radical (unpaired) electrons. The standard InChI is InChI=1S/C18H27N7O/c1-2-15-22-17-6-5-14(10-25(17)23-15)21-16-8-18(20-12-19-16)24-7-3-4-13(9-24)11-26/h8,12-14,26H,2-7,9-11H2,1H3,(H,19,20,21). The van der Waals surface area contributed by atoms with Gasteiger partial charge in [0.15, 0.2) is 5.82 Å². The summed E-state index contributed by atoms with van der Waals surface area (Å²) >= 11 is 0. The van der Waals surface area contributed by atoms with Crippen LogP contribution in [0.3, 0.4) is 0 Å². The van der Waals surface area contributed by atoms with Crippen LogP contribution in [0.4, 0.5) is 11.6 Å². The zero-order valence-electron chi connectivity index (χ0n) is 15.3. The quantitative estimate of drug-likeness (QED) is 0.832. The number of aliphatic hydroxyl groups is 1. The number of rotatable bonds is 5. The molecule has 1 saturated heterocycles. The van der Waals surface area contributed by atoms with Crippen molar-refractivity contribution in [1.82, 2.24) is 24.7 Å². The first kappa shape index (κ1) is 17.2. The molecule has 8 heteroatoms. The Labute approximate surface area is 153 Å². The molecule has 2 atom stereocenters. The van der Waals surface area contributed by atoms with Gasteiger partial charge in [0.1, 0.15) is 23.8 Å². The van der Waals surface area contributed by atoms with E-state index in [9.17, 15) is 5.11 Å². The molecule has 0 bridgehead atoms. The number of anilines is 2. The van der Waals surface area contributed by atoms with Gasteiger partial charge in [-0.2, -0.15) is 5.10 Å². The maximum absolute atomic E-state index is 9.44. The molecule has 140 valence electrons. The molecule has 0 saturated carbocycles. The molecule has 2 N–H and O–H groups in total. The minimum Gasteiger partial charge on any atom is -0.396 e. The molecule has 0 aromatic carbocycles. The van der Waals surface area contributed by atoms with Gasteiger partial charge in [0.25, 0.3) is 0 Å². The Kier molecular flexibility index (Phi) is 5.01. The summed E-state index contributed by atoms with van der Waals surface area (Å²) in [5.41, 5.74) is 0.